The molecule has 8 heteroatoms. The summed E-state index contributed by atoms with van der Waals surface area (Å²) in [7, 11) is 1.46. The van der Waals surface area contributed by atoms with E-state index in [2.05, 4.69) is 10.3 Å². The molecular formula is C13H10FN3O4. The summed E-state index contributed by atoms with van der Waals surface area (Å²) in [5.74, 6) is -1.29. The third kappa shape index (κ3) is 3.30. The minimum Gasteiger partial charge on any atom is -0.481 e. The van der Waals surface area contributed by atoms with Crippen molar-refractivity contribution in [2.75, 3.05) is 12.4 Å². The first-order valence-corrected chi connectivity index (χ1v) is 5.76. The first kappa shape index (κ1) is 14.4. The number of aromatic nitrogens is 1. The fourth-order valence-corrected chi connectivity index (χ4v) is 1.57. The van der Waals surface area contributed by atoms with Crippen LogP contribution in [0.5, 0.6) is 5.88 Å². The van der Waals surface area contributed by atoms with E-state index in [1.807, 2.05) is 0 Å². The normalized spacial score (nSPS) is 10.0. The largest absolute Gasteiger partial charge is 0.481 e. The molecule has 0 spiro atoms. The van der Waals surface area contributed by atoms with E-state index < -0.39 is 22.3 Å². The van der Waals surface area contributed by atoms with Gasteiger partial charge >= 0.3 is 5.69 Å². The molecular weight excluding hydrogens is 281 g/mol. The van der Waals surface area contributed by atoms with Crippen LogP contribution in [0.3, 0.4) is 0 Å². The highest BCUT2D eigenvalue weighted by atomic mass is 19.1. The van der Waals surface area contributed by atoms with Gasteiger partial charge < -0.3 is 10.1 Å². The zero-order valence-electron chi connectivity index (χ0n) is 10.9. The molecule has 1 aromatic heterocycles. The number of methoxy groups -OCH3 is 1. The van der Waals surface area contributed by atoms with Crippen LogP contribution in [-0.2, 0) is 0 Å². The number of nitrogens with zero attached hydrogens (tertiary/aromatic N) is 2. The Bertz CT molecular complexity index is 688. The van der Waals surface area contributed by atoms with Crippen LogP contribution in [0.2, 0.25) is 0 Å². The van der Waals surface area contributed by atoms with Crippen LogP contribution in [0.4, 0.5) is 15.8 Å². The van der Waals surface area contributed by atoms with Gasteiger partial charge in [0.05, 0.1) is 23.9 Å². The van der Waals surface area contributed by atoms with Crippen molar-refractivity contribution in [1.29, 1.82) is 0 Å². The average molecular weight is 291 g/mol. The van der Waals surface area contributed by atoms with Gasteiger partial charge in [-0.25, -0.2) is 4.98 Å². The SMILES string of the molecule is COc1ccc(NC(=O)c2ccc([N+](=O)[O-])c(F)c2)cn1. The van der Waals surface area contributed by atoms with Gasteiger partial charge in [0.25, 0.3) is 5.91 Å². The van der Waals surface area contributed by atoms with Crippen LogP contribution in [-0.4, -0.2) is 22.9 Å². The number of amides is 1. The van der Waals surface area contributed by atoms with Crippen molar-refractivity contribution < 1.29 is 18.8 Å². The van der Waals surface area contributed by atoms with Gasteiger partial charge in [-0.1, -0.05) is 0 Å². The van der Waals surface area contributed by atoms with Gasteiger partial charge in [-0.2, -0.15) is 4.39 Å². The Labute approximate surface area is 118 Å². The lowest BCUT2D eigenvalue weighted by Gasteiger charge is -2.06. The molecule has 2 rings (SSSR count). The molecule has 0 bridgehead atoms. The number of halogens is 1. The van der Waals surface area contributed by atoms with E-state index in [4.69, 9.17) is 4.74 Å². The fourth-order valence-electron chi connectivity index (χ4n) is 1.57. The summed E-state index contributed by atoms with van der Waals surface area (Å²) in [4.78, 5) is 25.4. The van der Waals surface area contributed by atoms with Gasteiger partial charge in [0, 0.05) is 17.7 Å². The van der Waals surface area contributed by atoms with Crippen molar-refractivity contribution in [2.45, 2.75) is 0 Å². The molecule has 1 heterocycles. The predicted octanol–water partition coefficient (Wildman–Crippen LogP) is 2.39. The maximum absolute atomic E-state index is 13.4. The highest BCUT2D eigenvalue weighted by Gasteiger charge is 2.16. The number of hydrogen-bond donors (Lipinski definition) is 1. The molecule has 1 N–H and O–H groups in total. The number of anilines is 1. The molecule has 0 aliphatic heterocycles. The number of ether oxygens (including phenoxy) is 1. The van der Waals surface area contributed by atoms with E-state index in [0.717, 1.165) is 12.1 Å². The molecule has 1 amide bonds. The van der Waals surface area contributed by atoms with E-state index in [0.29, 0.717) is 11.6 Å². The minimum atomic E-state index is -1.07. The van der Waals surface area contributed by atoms with E-state index in [9.17, 15) is 19.3 Å². The number of nitrogens with one attached hydrogen (secondary N) is 1. The van der Waals surface area contributed by atoms with E-state index in [1.165, 1.54) is 19.4 Å². The van der Waals surface area contributed by atoms with Gasteiger partial charge in [0.2, 0.25) is 11.7 Å². The van der Waals surface area contributed by atoms with Crippen LogP contribution in [0, 0.1) is 15.9 Å². The molecule has 108 valence electrons. The topological polar surface area (TPSA) is 94.4 Å². The molecule has 0 unspecified atom stereocenters. The summed E-state index contributed by atoms with van der Waals surface area (Å²) in [6.45, 7) is 0. The van der Waals surface area contributed by atoms with Crippen LogP contribution in [0.1, 0.15) is 10.4 Å². The lowest BCUT2D eigenvalue weighted by Crippen LogP contribution is -2.12. The van der Waals surface area contributed by atoms with Gasteiger partial charge in [0.15, 0.2) is 0 Å². The molecule has 0 aliphatic rings. The lowest BCUT2D eigenvalue weighted by atomic mass is 10.2. The maximum atomic E-state index is 13.4. The number of hydrogen-bond acceptors (Lipinski definition) is 5. The second-order valence-corrected chi connectivity index (χ2v) is 3.97. The Balaban J connectivity index is 2.16. The van der Waals surface area contributed by atoms with Gasteiger partial charge in [-0.3, -0.25) is 14.9 Å². The zero-order chi connectivity index (χ0) is 15.4. The molecule has 0 atom stereocenters. The van der Waals surface area contributed by atoms with Crippen LogP contribution in [0.25, 0.3) is 0 Å². The molecule has 0 fully saturated rings. The molecule has 1 aromatic carbocycles. The first-order valence-electron chi connectivity index (χ1n) is 5.76. The molecule has 0 saturated carbocycles. The Morgan fingerprint density at radius 3 is 2.67 bits per heavy atom. The van der Waals surface area contributed by atoms with Crippen LogP contribution >= 0.6 is 0 Å². The van der Waals surface area contributed by atoms with Gasteiger partial charge in [-0.05, 0) is 18.2 Å². The van der Waals surface area contributed by atoms with Gasteiger partial charge in [-0.15, -0.1) is 0 Å². The Hall–Kier alpha value is -3.03. The third-order valence-electron chi connectivity index (χ3n) is 2.61. The predicted molar refractivity (Wildman–Crippen MR) is 71.8 cm³/mol. The van der Waals surface area contributed by atoms with E-state index in [-0.39, 0.29) is 5.56 Å². The number of benzene rings is 1. The zero-order valence-corrected chi connectivity index (χ0v) is 10.9. The second-order valence-electron chi connectivity index (χ2n) is 3.97. The van der Waals surface area contributed by atoms with Crippen LogP contribution < -0.4 is 10.1 Å². The summed E-state index contributed by atoms with van der Waals surface area (Å²) in [5.41, 5.74) is -0.328. The summed E-state index contributed by atoms with van der Waals surface area (Å²) < 4.78 is 18.3. The quantitative estimate of drug-likeness (QED) is 0.689. The molecule has 7 nitrogen and oxygen atoms in total. The monoisotopic (exact) mass is 291 g/mol. The van der Waals surface area contributed by atoms with E-state index in [1.54, 1.807) is 12.1 Å². The number of pyridine rings is 1. The maximum Gasteiger partial charge on any atom is 0.304 e. The highest BCUT2D eigenvalue weighted by molar-refractivity contribution is 6.04. The number of carbonyl (C=O) groups excluding carboxylic acids is 1. The Kier molecular flexibility index (Phi) is 4.07. The Morgan fingerprint density at radius 2 is 2.14 bits per heavy atom. The summed E-state index contributed by atoms with van der Waals surface area (Å²) in [6, 6.07) is 6.03. The standard InChI is InChI=1S/C13H10FN3O4/c1-21-12-5-3-9(7-15-12)16-13(18)8-2-4-11(17(19)20)10(14)6-8/h2-7H,1H3,(H,16,18). The molecule has 2 aromatic rings. The fraction of sp³-hybridized carbons (Fsp3) is 0.0769. The number of nitro benzene ring substituents is 1. The van der Waals surface area contributed by atoms with Crippen molar-refractivity contribution in [3.63, 3.8) is 0 Å². The third-order valence-corrected chi connectivity index (χ3v) is 2.61. The van der Waals surface area contributed by atoms with Crippen molar-refractivity contribution in [3.05, 3.63) is 58.0 Å². The number of nitro groups is 1. The molecule has 0 saturated heterocycles. The van der Waals surface area contributed by atoms with Crippen molar-refractivity contribution in [1.82, 2.24) is 4.98 Å². The Morgan fingerprint density at radius 1 is 1.38 bits per heavy atom. The van der Waals surface area contributed by atoms with E-state index >= 15 is 0 Å². The molecule has 21 heavy (non-hydrogen) atoms. The smallest absolute Gasteiger partial charge is 0.304 e. The summed E-state index contributed by atoms with van der Waals surface area (Å²) in [6.07, 6.45) is 1.37. The second kappa shape index (κ2) is 5.95. The number of rotatable bonds is 4. The van der Waals surface area contributed by atoms with Crippen molar-refractivity contribution >= 4 is 17.3 Å². The van der Waals surface area contributed by atoms with Crippen molar-refractivity contribution in [2.24, 2.45) is 0 Å². The number of carbonyl (C=O) groups is 1. The lowest BCUT2D eigenvalue weighted by molar-refractivity contribution is -0.387. The highest BCUT2D eigenvalue weighted by Crippen LogP contribution is 2.19. The van der Waals surface area contributed by atoms with Crippen LogP contribution in [0.15, 0.2) is 36.5 Å². The summed E-state index contributed by atoms with van der Waals surface area (Å²) >= 11 is 0. The first-order chi connectivity index (χ1) is 10.0. The van der Waals surface area contributed by atoms with Crippen molar-refractivity contribution in [3.8, 4) is 5.88 Å². The molecule has 0 radical (unpaired) electrons. The molecule has 0 aliphatic carbocycles. The van der Waals surface area contributed by atoms with Gasteiger partial charge in [0.1, 0.15) is 0 Å². The summed E-state index contributed by atoms with van der Waals surface area (Å²) in [5, 5.41) is 13.0. The minimum absolute atomic E-state index is 0.0334. The average Bonchev–Trinajstić information content (AvgIpc) is 2.47.